The number of nitrogens with zero attached hydrogens (tertiary/aromatic N) is 2. The van der Waals surface area contributed by atoms with Gasteiger partial charge in [-0.05, 0) is 31.7 Å². The summed E-state index contributed by atoms with van der Waals surface area (Å²) in [5.41, 5.74) is 8.32. The summed E-state index contributed by atoms with van der Waals surface area (Å²) in [6.07, 6.45) is 3.55. The van der Waals surface area contributed by atoms with Crippen LogP contribution in [0.3, 0.4) is 0 Å². The molecule has 21 heavy (non-hydrogen) atoms. The van der Waals surface area contributed by atoms with Gasteiger partial charge in [-0.15, -0.1) is 11.3 Å². The van der Waals surface area contributed by atoms with Crippen LogP contribution in [0.5, 0.6) is 0 Å². The SMILES string of the molecule is CN(C)C(=O)c1sc(N2CCCNCC2)c(C2CC2)c1N. The Kier molecular flexibility index (Phi) is 4.08. The molecule has 2 fully saturated rings. The first kappa shape index (κ1) is 14.7. The first-order valence-corrected chi connectivity index (χ1v) is 8.50. The number of thiophene rings is 1. The first-order chi connectivity index (χ1) is 10.1. The summed E-state index contributed by atoms with van der Waals surface area (Å²) in [6.45, 7) is 4.11. The van der Waals surface area contributed by atoms with Crippen molar-refractivity contribution in [3.05, 3.63) is 10.4 Å². The fourth-order valence-corrected chi connectivity index (χ4v) is 4.24. The average molecular weight is 308 g/mol. The Morgan fingerprint density at radius 1 is 1.33 bits per heavy atom. The van der Waals surface area contributed by atoms with Gasteiger partial charge in [-0.25, -0.2) is 0 Å². The quantitative estimate of drug-likeness (QED) is 0.892. The zero-order valence-electron chi connectivity index (χ0n) is 12.8. The molecule has 0 unspecified atom stereocenters. The maximum Gasteiger partial charge on any atom is 0.265 e. The highest BCUT2D eigenvalue weighted by Gasteiger charge is 2.34. The van der Waals surface area contributed by atoms with E-state index in [9.17, 15) is 4.79 Å². The van der Waals surface area contributed by atoms with Crippen molar-refractivity contribution in [1.82, 2.24) is 10.2 Å². The van der Waals surface area contributed by atoms with Crippen LogP contribution in [0.2, 0.25) is 0 Å². The minimum atomic E-state index is 0.0265. The van der Waals surface area contributed by atoms with Gasteiger partial charge in [0, 0.05) is 39.3 Å². The molecule has 6 heteroatoms. The Morgan fingerprint density at radius 2 is 2.10 bits per heavy atom. The number of nitrogens with two attached hydrogens (primary N) is 1. The molecule has 1 amide bonds. The number of carbonyl (C=O) groups is 1. The smallest absolute Gasteiger partial charge is 0.265 e. The van der Waals surface area contributed by atoms with Crippen LogP contribution in [0.15, 0.2) is 0 Å². The van der Waals surface area contributed by atoms with Crippen LogP contribution in [0.1, 0.15) is 40.4 Å². The van der Waals surface area contributed by atoms with E-state index in [0.29, 0.717) is 10.8 Å². The molecule has 5 nitrogen and oxygen atoms in total. The third-order valence-corrected chi connectivity index (χ3v) is 5.45. The Balaban J connectivity index is 1.98. The van der Waals surface area contributed by atoms with Gasteiger partial charge in [0.25, 0.3) is 5.91 Å². The molecule has 3 N–H and O–H groups in total. The van der Waals surface area contributed by atoms with Crippen molar-refractivity contribution in [1.29, 1.82) is 0 Å². The maximum atomic E-state index is 12.4. The maximum absolute atomic E-state index is 12.4. The van der Waals surface area contributed by atoms with Crippen LogP contribution in [0.25, 0.3) is 0 Å². The summed E-state index contributed by atoms with van der Waals surface area (Å²) < 4.78 is 0. The van der Waals surface area contributed by atoms with Crippen LogP contribution >= 0.6 is 11.3 Å². The lowest BCUT2D eigenvalue weighted by Crippen LogP contribution is -2.27. The van der Waals surface area contributed by atoms with Crippen LogP contribution < -0.4 is 16.0 Å². The van der Waals surface area contributed by atoms with E-state index in [0.717, 1.165) is 38.3 Å². The van der Waals surface area contributed by atoms with Gasteiger partial charge in [-0.3, -0.25) is 4.79 Å². The Labute approximate surface area is 130 Å². The monoisotopic (exact) mass is 308 g/mol. The zero-order valence-corrected chi connectivity index (χ0v) is 13.6. The lowest BCUT2D eigenvalue weighted by molar-refractivity contribution is 0.0833. The molecule has 3 rings (SSSR count). The number of anilines is 2. The van der Waals surface area contributed by atoms with E-state index in [1.165, 1.54) is 23.4 Å². The Bertz CT molecular complexity index is 528. The second-order valence-corrected chi connectivity index (χ2v) is 7.13. The molecule has 1 aliphatic heterocycles. The number of amides is 1. The van der Waals surface area contributed by atoms with Gasteiger partial charge in [0.05, 0.1) is 10.7 Å². The van der Waals surface area contributed by atoms with Crippen molar-refractivity contribution in [3.8, 4) is 0 Å². The molecule has 1 aliphatic carbocycles. The molecule has 1 aromatic rings. The minimum Gasteiger partial charge on any atom is -0.397 e. The van der Waals surface area contributed by atoms with Gasteiger partial charge in [0.15, 0.2) is 0 Å². The highest BCUT2D eigenvalue weighted by atomic mass is 32.1. The van der Waals surface area contributed by atoms with Crippen LogP contribution in [-0.4, -0.2) is 51.1 Å². The average Bonchev–Trinajstić information content (AvgIpc) is 3.26. The normalized spacial score (nSPS) is 19.4. The van der Waals surface area contributed by atoms with Crippen molar-refractivity contribution in [2.24, 2.45) is 0 Å². The molecule has 0 radical (unpaired) electrons. The fourth-order valence-electron chi connectivity index (χ4n) is 2.86. The number of nitrogen functional groups attached to an aromatic ring is 1. The molecule has 0 bridgehead atoms. The van der Waals surface area contributed by atoms with Crippen LogP contribution in [0.4, 0.5) is 10.7 Å². The van der Waals surface area contributed by atoms with Crippen LogP contribution in [0, 0.1) is 0 Å². The van der Waals surface area contributed by atoms with Gasteiger partial charge < -0.3 is 20.9 Å². The largest absolute Gasteiger partial charge is 0.397 e. The number of rotatable bonds is 3. The second kappa shape index (κ2) is 5.85. The topological polar surface area (TPSA) is 61.6 Å². The summed E-state index contributed by atoms with van der Waals surface area (Å²) in [7, 11) is 3.57. The lowest BCUT2D eigenvalue weighted by Gasteiger charge is -2.22. The molecule has 1 saturated carbocycles. The van der Waals surface area contributed by atoms with Crippen molar-refractivity contribution in [3.63, 3.8) is 0 Å². The van der Waals surface area contributed by atoms with E-state index in [-0.39, 0.29) is 5.91 Å². The van der Waals surface area contributed by atoms with Crippen molar-refractivity contribution in [2.45, 2.75) is 25.2 Å². The molecular formula is C15H24N4OS. The van der Waals surface area contributed by atoms with Gasteiger partial charge in [0.1, 0.15) is 4.88 Å². The summed E-state index contributed by atoms with van der Waals surface area (Å²) in [5.74, 6) is 0.592. The number of nitrogens with one attached hydrogen (secondary N) is 1. The lowest BCUT2D eigenvalue weighted by atomic mass is 10.1. The third kappa shape index (κ3) is 2.87. The molecular weight excluding hydrogens is 284 g/mol. The summed E-state index contributed by atoms with van der Waals surface area (Å²) in [4.78, 5) is 17.1. The fraction of sp³-hybridized carbons (Fsp3) is 0.667. The first-order valence-electron chi connectivity index (χ1n) is 7.69. The predicted octanol–water partition coefficient (Wildman–Crippen LogP) is 1.71. The predicted molar refractivity (Wildman–Crippen MR) is 88.4 cm³/mol. The molecule has 0 aromatic carbocycles. The number of hydrogen-bond acceptors (Lipinski definition) is 5. The third-order valence-electron chi connectivity index (χ3n) is 4.18. The van der Waals surface area contributed by atoms with Gasteiger partial charge in [0.2, 0.25) is 0 Å². The number of carbonyl (C=O) groups excluding carboxylic acids is 1. The van der Waals surface area contributed by atoms with E-state index >= 15 is 0 Å². The van der Waals surface area contributed by atoms with E-state index in [2.05, 4.69) is 10.2 Å². The summed E-state index contributed by atoms with van der Waals surface area (Å²) in [6, 6.07) is 0. The van der Waals surface area contributed by atoms with Crippen molar-refractivity contribution >= 4 is 27.9 Å². The highest BCUT2D eigenvalue weighted by Crippen LogP contribution is 2.52. The van der Waals surface area contributed by atoms with Crippen molar-refractivity contribution < 1.29 is 4.79 Å². The molecule has 0 atom stereocenters. The van der Waals surface area contributed by atoms with Crippen LogP contribution in [-0.2, 0) is 0 Å². The van der Waals surface area contributed by atoms with Gasteiger partial charge >= 0.3 is 0 Å². The van der Waals surface area contributed by atoms with E-state index in [1.807, 2.05) is 0 Å². The van der Waals surface area contributed by atoms with E-state index in [4.69, 9.17) is 5.73 Å². The summed E-state index contributed by atoms with van der Waals surface area (Å²) >= 11 is 1.59. The molecule has 116 valence electrons. The highest BCUT2D eigenvalue weighted by molar-refractivity contribution is 7.18. The number of hydrogen-bond donors (Lipinski definition) is 2. The Morgan fingerprint density at radius 3 is 2.76 bits per heavy atom. The summed E-state index contributed by atoms with van der Waals surface area (Å²) in [5, 5.41) is 4.67. The van der Waals surface area contributed by atoms with E-state index < -0.39 is 0 Å². The molecule has 1 aromatic heterocycles. The molecule has 2 aliphatic rings. The van der Waals surface area contributed by atoms with Gasteiger partial charge in [-0.2, -0.15) is 0 Å². The van der Waals surface area contributed by atoms with Crippen molar-refractivity contribution in [2.75, 3.05) is 50.9 Å². The van der Waals surface area contributed by atoms with Gasteiger partial charge in [-0.1, -0.05) is 0 Å². The molecule has 0 spiro atoms. The zero-order chi connectivity index (χ0) is 15.0. The standard InChI is InChI=1S/C15H24N4OS/c1-18(2)14(20)13-12(16)11(10-4-5-10)15(21-13)19-8-3-6-17-7-9-19/h10,17H,3-9,16H2,1-2H3. The molecule has 2 heterocycles. The minimum absolute atomic E-state index is 0.0265. The Hall–Kier alpha value is -1.27. The second-order valence-electron chi connectivity index (χ2n) is 6.13. The molecule has 1 saturated heterocycles. The van der Waals surface area contributed by atoms with E-state index in [1.54, 1.807) is 30.3 Å².